The van der Waals surface area contributed by atoms with Crippen LogP contribution in [0.3, 0.4) is 0 Å². The van der Waals surface area contributed by atoms with Crippen LogP contribution in [-0.2, 0) is 37.1 Å². The third kappa shape index (κ3) is 5.82. The maximum Gasteiger partial charge on any atom is 0.323 e. The van der Waals surface area contributed by atoms with Crippen LogP contribution >= 0.6 is 39.3 Å². The fraction of sp³-hybridized carbons (Fsp3) is 0.192. The molecule has 0 aliphatic carbocycles. The molecule has 5 rings (SSSR count). The number of pyridine rings is 1. The van der Waals surface area contributed by atoms with Crippen LogP contribution < -0.4 is 0 Å². The predicted molar refractivity (Wildman–Crippen MR) is 146 cm³/mol. The van der Waals surface area contributed by atoms with Crippen molar-refractivity contribution in [1.82, 2.24) is 13.5 Å². The molecule has 196 valence electrons. The molecule has 3 heterocycles. The van der Waals surface area contributed by atoms with E-state index in [1.165, 1.54) is 6.92 Å². The first-order valence-electron chi connectivity index (χ1n) is 11.3. The van der Waals surface area contributed by atoms with Crippen molar-refractivity contribution < 1.29 is 29.0 Å². The fourth-order valence-corrected chi connectivity index (χ4v) is 4.90. The van der Waals surface area contributed by atoms with Crippen LogP contribution in [0.2, 0.25) is 10.0 Å². The minimum Gasteiger partial charge on any atom is -0.480 e. The number of carboxylic acid groups (broad SMARTS) is 1. The maximum absolute atomic E-state index is 11.6. The number of nitrogens with zero attached hydrogens (tertiary/aromatic N) is 3. The molecule has 12 heteroatoms. The molecule has 2 aromatic heterocycles. The lowest BCUT2D eigenvalue weighted by Gasteiger charge is -2.12. The predicted octanol–water partition coefficient (Wildman–Crippen LogP) is 5.76. The van der Waals surface area contributed by atoms with Gasteiger partial charge in [0.1, 0.15) is 13.2 Å². The van der Waals surface area contributed by atoms with E-state index in [0.29, 0.717) is 39.6 Å². The molecule has 2 aromatic carbocycles. The second-order valence-corrected chi connectivity index (χ2v) is 9.91. The minimum atomic E-state index is -1.01. The topological polar surface area (TPSA) is 119 Å². The summed E-state index contributed by atoms with van der Waals surface area (Å²) in [5.74, 6) is -1.76. The Morgan fingerprint density at radius 3 is 2.29 bits per heavy atom. The molecule has 1 aliphatic heterocycles. The molecule has 1 N–H and O–H groups in total. The van der Waals surface area contributed by atoms with Crippen LogP contribution in [0.1, 0.15) is 25.5 Å². The van der Waals surface area contributed by atoms with Gasteiger partial charge in [0, 0.05) is 57.9 Å². The third-order valence-electron chi connectivity index (χ3n) is 5.80. The highest BCUT2D eigenvalue weighted by atomic mass is 79.9. The number of hydrogen-bond donors (Lipinski definition) is 1. The highest BCUT2D eigenvalue weighted by Crippen LogP contribution is 2.40. The average molecular weight is 621 g/mol. The van der Waals surface area contributed by atoms with Gasteiger partial charge in [0.15, 0.2) is 0 Å². The number of carboxylic acids is 1. The average Bonchev–Trinajstić information content (AvgIpc) is 3.32. The maximum atomic E-state index is 11.6. The van der Waals surface area contributed by atoms with Crippen molar-refractivity contribution in [3.63, 3.8) is 0 Å². The van der Waals surface area contributed by atoms with E-state index in [1.807, 2.05) is 12.1 Å². The molecule has 0 radical (unpaired) electrons. The third-order valence-corrected chi connectivity index (χ3v) is 7.06. The van der Waals surface area contributed by atoms with E-state index in [2.05, 4.69) is 21.1 Å². The Labute approximate surface area is 235 Å². The largest absolute Gasteiger partial charge is 0.480 e. The Morgan fingerprint density at radius 2 is 1.68 bits per heavy atom. The molecule has 9 nitrogen and oxygen atoms in total. The molecular formula is C26H20BrCl2N3O6. The van der Waals surface area contributed by atoms with Gasteiger partial charge >= 0.3 is 11.9 Å². The summed E-state index contributed by atoms with van der Waals surface area (Å²) in [5.41, 5.74) is 3.49. The lowest BCUT2D eigenvalue weighted by atomic mass is 9.98. The monoisotopic (exact) mass is 619 g/mol. The standard InChI is InChI=1S/C22H16Cl2N2O4.C4H4BrNO2/c1-12(27)30-11-20-22(16-6-7-25-18-9-14(24)2-4-15(16)18)17-8-13(23)3-5-19(17)26(20)10-21(28)29;5-6-3(7)1-2-4(6)8/h2-9H,10-11H2,1H3,(H,28,29);1-2H2. The van der Waals surface area contributed by atoms with Gasteiger partial charge in [-0.1, -0.05) is 29.3 Å². The number of ether oxygens (including phenoxy) is 1. The number of imide groups is 1. The number of carbonyl (C=O) groups excluding carboxylic acids is 3. The first kappa shape index (κ1) is 27.6. The van der Waals surface area contributed by atoms with Crippen LogP contribution in [0.5, 0.6) is 0 Å². The summed E-state index contributed by atoms with van der Waals surface area (Å²) in [5, 5.41) is 12.1. The molecule has 0 unspecified atom stereocenters. The van der Waals surface area contributed by atoms with E-state index in [1.54, 1.807) is 41.1 Å². The highest BCUT2D eigenvalue weighted by Gasteiger charge is 2.26. The van der Waals surface area contributed by atoms with Gasteiger partial charge < -0.3 is 14.4 Å². The summed E-state index contributed by atoms with van der Waals surface area (Å²) in [6.07, 6.45) is 2.36. The first-order chi connectivity index (χ1) is 18.1. The molecule has 38 heavy (non-hydrogen) atoms. The lowest BCUT2D eigenvalue weighted by molar-refractivity contribution is -0.142. The van der Waals surface area contributed by atoms with Gasteiger partial charge in [-0.2, -0.15) is 0 Å². The number of amides is 2. The number of aromatic nitrogens is 2. The Morgan fingerprint density at radius 1 is 1.03 bits per heavy atom. The van der Waals surface area contributed by atoms with Crippen LogP contribution in [-0.4, -0.2) is 42.3 Å². The second kappa shape index (κ2) is 11.5. The van der Waals surface area contributed by atoms with Crippen molar-refractivity contribution >= 4 is 84.9 Å². The number of aliphatic carboxylic acids is 1. The number of esters is 1. The molecule has 0 spiro atoms. The summed E-state index contributed by atoms with van der Waals surface area (Å²) in [6, 6.07) is 12.5. The van der Waals surface area contributed by atoms with E-state index in [-0.39, 0.29) is 25.0 Å². The van der Waals surface area contributed by atoms with Gasteiger partial charge in [-0.25, -0.2) is 3.93 Å². The van der Waals surface area contributed by atoms with Crippen molar-refractivity contribution in [1.29, 1.82) is 0 Å². The summed E-state index contributed by atoms with van der Waals surface area (Å²) >= 11 is 15.2. The number of halogens is 3. The molecule has 0 saturated carbocycles. The lowest BCUT2D eigenvalue weighted by Crippen LogP contribution is -2.16. The van der Waals surface area contributed by atoms with Gasteiger partial charge in [-0.05, 0) is 42.0 Å². The van der Waals surface area contributed by atoms with E-state index in [9.17, 15) is 24.3 Å². The number of hydrogen-bond acceptors (Lipinski definition) is 6. The summed E-state index contributed by atoms with van der Waals surface area (Å²) in [4.78, 5) is 48.4. The zero-order valence-corrected chi connectivity index (χ0v) is 23.0. The molecule has 1 fully saturated rings. The van der Waals surface area contributed by atoms with Crippen molar-refractivity contribution in [3.05, 3.63) is 64.4 Å². The Bertz CT molecular complexity index is 1590. The minimum absolute atomic E-state index is 0.0817. The van der Waals surface area contributed by atoms with Gasteiger partial charge in [-0.3, -0.25) is 24.2 Å². The van der Waals surface area contributed by atoms with E-state index in [4.69, 9.17) is 27.9 Å². The van der Waals surface area contributed by atoms with E-state index in [0.717, 1.165) is 25.8 Å². The second-order valence-electron chi connectivity index (χ2n) is 8.33. The van der Waals surface area contributed by atoms with Crippen molar-refractivity contribution in [2.24, 2.45) is 0 Å². The van der Waals surface area contributed by atoms with Gasteiger partial charge in [-0.15, -0.1) is 0 Å². The van der Waals surface area contributed by atoms with Gasteiger partial charge in [0.25, 0.3) is 0 Å². The fourth-order valence-electron chi connectivity index (χ4n) is 4.20. The Balaban J connectivity index is 0.000000360. The van der Waals surface area contributed by atoms with Gasteiger partial charge in [0.2, 0.25) is 11.8 Å². The highest BCUT2D eigenvalue weighted by molar-refractivity contribution is 9.08. The zero-order valence-electron chi connectivity index (χ0n) is 19.9. The normalized spacial score (nSPS) is 13.1. The summed E-state index contributed by atoms with van der Waals surface area (Å²) < 4.78 is 7.89. The summed E-state index contributed by atoms with van der Waals surface area (Å²) in [6.45, 7) is 0.940. The Hall–Kier alpha value is -3.47. The molecule has 2 amide bonds. The molecular weight excluding hydrogens is 601 g/mol. The quantitative estimate of drug-likeness (QED) is 0.171. The molecule has 1 saturated heterocycles. The number of rotatable bonds is 5. The molecule has 1 aliphatic rings. The van der Waals surface area contributed by atoms with Crippen molar-refractivity contribution in [2.45, 2.75) is 32.9 Å². The van der Waals surface area contributed by atoms with Crippen LogP contribution in [0.15, 0.2) is 48.7 Å². The van der Waals surface area contributed by atoms with E-state index >= 15 is 0 Å². The SMILES string of the molecule is CC(=O)OCc1c(-c2ccnc3cc(Cl)ccc23)c2cc(Cl)ccc2n1CC(=O)O.O=C1CCC(=O)N1Br. The first-order valence-corrected chi connectivity index (χ1v) is 12.7. The number of benzene rings is 2. The summed E-state index contributed by atoms with van der Waals surface area (Å²) in [7, 11) is 0. The molecule has 0 bridgehead atoms. The van der Waals surface area contributed by atoms with E-state index < -0.39 is 11.9 Å². The van der Waals surface area contributed by atoms with Crippen LogP contribution in [0, 0.1) is 0 Å². The number of fused-ring (bicyclic) bond motifs is 2. The Kier molecular flexibility index (Phi) is 8.35. The van der Waals surface area contributed by atoms with Crippen molar-refractivity contribution in [2.75, 3.05) is 0 Å². The zero-order chi connectivity index (χ0) is 27.6. The van der Waals surface area contributed by atoms with Crippen LogP contribution in [0.25, 0.3) is 32.9 Å². The van der Waals surface area contributed by atoms with Gasteiger partial charge in [0.05, 0.1) is 27.4 Å². The molecule has 4 aromatic rings. The number of carbonyl (C=O) groups is 4. The molecule has 0 atom stereocenters. The van der Waals surface area contributed by atoms with Crippen molar-refractivity contribution in [3.8, 4) is 11.1 Å². The smallest absolute Gasteiger partial charge is 0.323 e. The van der Waals surface area contributed by atoms with Crippen LogP contribution in [0.4, 0.5) is 0 Å².